The Hall–Kier alpha value is -4.83. The number of hydrogen-bond donors (Lipinski definition) is 3. The summed E-state index contributed by atoms with van der Waals surface area (Å²) in [4.78, 5) is 38.5. The molecule has 0 bridgehead atoms. The van der Waals surface area contributed by atoms with Gasteiger partial charge in [0.1, 0.15) is 5.69 Å². The average Bonchev–Trinajstić information content (AvgIpc) is 3.63. The van der Waals surface area contributed by atoms with Crippen LogP contribution < -0.4 is 0 Å². The molecular formula is C28H27F9N6O6S. The van der Waals surface area contributed by atoms with E-state index < -0.39 is 36.4 Å². The number of carboxylic acid groups (broad SMARTS) is 3. The smallest absolute Gasteiger partial charge is 0.475 e. The Morgan fingerprint density at radius 2 is 1.32 bits per heavy atom. The molecule has 5 rings (SSSR count). The van der Waals surface area contributed by atoms with Crippen LogP contribution in [0.4, 0.5) is 39.5 Å². The summed E-state index contributed by atoms with van der Waals surface area (Å²) in [5, 5.41) is 30.4. The van der Waals surface area contributed by atoms with Gasteiger partial charge in [-0.2, -0.15) is 39.5 Å². The Morgan fingerprint density at radius 3 is 1.78 bits per heavy atom. The SMILES string of the molecule is Cc1ccc(CN2CCN(C)C(c3nnn4cc(-c5ccncc5)ccc34)C2)s1.O=C(O)C(F)(F)F.O=C(O)C(F)(F)F.O=C(O)C(F)(F)F. The first-order valence-electron chi connectivity index (χ1n) is 13.6. The van der Waals surface area contributed by atoms with E-state index in [4.69, 9.17) is 29.7 Å². The van der Waals surface area contributed by atoms with Crippen molar-refractivity contribution in [3.05, 3.63) is 70.4 Å². The number of alkyl halides is 9. The highest BCUT2D eigenvalue weighted by molar-refractivity contribution is 7.11. The molecule has 1 unspecified atom stereocenters. The number of likely N-dealkylation sites (N-methyl/N-ethyl adjacent to an activating group) is 1. The van der Waals surface area contributed by atoms with E-state index in [0.29, 0.717) is 0 Å². The molecular weight excluding hydrogens is 719 g/mol. The largest absolute Gasteiger partial charge is 0.490 e. The van der Waals surface area contributed by atoms with Crippen LogP contribution in [-0.4, -0.2) is 108 Å². The molecule has 0 radical (unpaired) electrons. The Bertz CT molecular complexity index is 1670. The molecule has 50 heavy (non-hydrogen) atoms. The molecule has 1 saturated heterocycles. The number of aliphatic carboxylic acids is 3. The summed E-state index contributed by atoms with van der Waals surface area (Å²) in [5.74, 6) is -8.27. The van der Waals surface area contributed by atoms with Crippen LogP contribution in [0.1, 0.15) is 21.5 Å². The van der Waals surface area contributed by atoms with Crippen LogP contribution in [0.15, 0.2) is 55.0 Å². The maximum atomic E-state index is 10.6. The van der Waals surface area contributed by atoms with E-state index in [1.165, 1.54) is 9.75 Å². The Kier molecular flexibility index (Phi) is 14.2. The lowest BCUT2D eigenvalue weighted by molar-refractivity contribution is -0.193. The molecule has 0 aromatic carbocycles. The van der Waals surface area contributed by atoms with Gasteiger partial charge in [0, 0.05) is 60.1 Å². The second-order valence-corrected chi connectivity index (χ2v) is 11.5. The van der Waals surface area contributed by atoms with Crippen molar-refractivity contribution < 1.29 is 69.2 Å². The van der Waals surface area contributed by atoms with Crippen LogP contribution in [-0.2, 0) is 20.9 Å². The molecule has 1 aliphatic rings. The van der Waals surface area contributed by atoms with Gasteiger partial charge in [-0.15, -0.1) is 16.4 Å². The molecule has 1 fully saturated rings. The molecule has 5 heterocycles. The van der Waals surface area contributed by atoms with Crippen LogP contribution in [0, 0.1) is 6.92 Å². The Labute approximate surface area is 280 Å². The summed E-state index contributed by atoms with van der Waals surface area (Å²) in [7, 11) is 2.19. The van der Waals surface area contributed by atoms with Gasteiger partial charge in [0.15, 0.2) is 0 Å². The van der Waals surface area contributed by atoms with Gasteiger partial charge in [-0.25, -0.2) is 18.9 Å². The second kappa shape index (κ2) is 17.2. The van der Waals surface area contributed by atoms with Crippen molar-refractivity contribution in [1.29, 1.82) is 0 Å². The fourth-order valence-corrected chi connectivity index (χ4v) is 4.96. The summed E-state index contributed by atoms with van der Waals surface area (Å²) in [6.07, 6.45) is -9.57. The molecule has 3 N–H and O–H groups in total. The standard InChI is InChI=1S/C22H24N6S.3C2HF3O2/c1-16-3-5-19(29-16)14-27-12-11-26(2)21(15-27)22-20-6-4-18(13-28(20)25-24-22)17-7-9-23-10-8-17;3*3-2(4,5)1(6)7/h3-10,13,21H,11-12,14-15H2,1-2H3;3*(H,6,7). The first kappa shape index (κ1) is 41.3. The van der Waals surface area contributed by atoms with Crippen LogP contribution in [0.3, 0.4) is 0 Å². The minimum atomic E-state index is -5.08. The number of nitrogens with zero attached hydrogens (tertiary/aromatic N) is 6. The number of carboxylic acids is 3. The van der Waals surface area contributed by atoms with Crippen LogP contribution in [0.25, 0.3) is 16.6 Å². The first-order chi connectivity index (χ1) is 23.0. The van der Waals surface area contributed by atoms with Gasteiger partial charge in [0.25, 0.3) is 0 Å². The quantitative estimate of drug-likeness (QED) is 0.225. The van der Waals surface area contributed by atoms with Crippen LogP contribution >= 0.6 is 11.3 Å². The zero-order chi connectivity index (χ0) is 38.0. The number of pyridine rings is 2. The van der Waals surface area contributed by atoms with E-state index in [1.54, 1.807) is 0 Å². The zero-order valence-electron chi connectivity index (χ0n) is 25.7. The minimum absolute atomic E-state index is 0.245. The predicted octanol–water partition coefficient (Wildman–Crippen LogP) is 5.55. The topological polar surface area (TPSA) is 161 Å². The fourth-order valence-electron chi connectivity index (χ4n) is 4.03. The molecule has 0 amide bonds. The number of aromatic nitrogens is 4. The summed E-state index contributed by atoms with van der Waals surface area (Å²) in [5.41, 5.74) is 4.38. The van der Waals surface area contributed by atoms with Crippen LogP contribution in [0.2, 0.25) is 0 Å². The third-order valence-electron chi connectivity index (χ3n) is 6.40. The number of fused-ring (bicyclic) bond motifs is 1. The minimum Gasteiger partial charge on any atom is -0.475 e. The number of thiophene rings is 1. The number of rotatable bonds is 4. The number of halogens is 9. The molecule has 274 valence electrons. The van der Waals surface area contributed by atoms with Crippen molar-refractivity contribution in [3.63, 3.8) is 0 Å². The maximum Gasteiger partial charge on any atom is 0.490 e. The van der Waals surface area contributed by atoms with Gasteiger partial charge in [0.05, 0.1) is 11.6 Å². The lowest BCUT2D eigenvalue weighted by Crippen LogP contribution is -2.46. The molecule has 1 atom stereocenters. The highest BCUT2D eigenvalue weighted by atomic mass is 32.1. The van der Waals surface area contributed by atoms with Crippen LogP contribution in [0.5, 0.6) is 0 Å². The molecule has 0 spiro atoms. The molecule has 0 saturated carbocycles. The van der Waals surface area contributed by atoms with Gasteiger partial charge < -0.3 is 15.3 Å². The van der Waals surface area contributed by atoms with E-state index in [2.05, 4.69) is 69.5 Å². The summed E-state index contributed by atoms with van der Waals surface area (Å²) in [6, 6.07) is 13.0. The van der Waals surface area contributed by atoms with Crippen molar-refractivity contribution in [1.82, 2.24) is 29.6 Å². The van der Waals surface area contributed by atoms with Crippen molar-refractivity contribution in [2.45, 2.75) is 38.0 Å². The van der Waals surface area contributed by atoms with Gasteiger partial charge in [-0.3, -0.25) is 14.8 Å². The van der Waals surface area contributed by atoms with Crippen molar-refractivity contribution in [2.75, 3.05) is 26.7 Å². The first-order valence-corrected chi connectivity index (χ1v) is 14.5. The van der Waals surface area contributed by atoms with Gasteiger partial charge >= 0.3 is 36.4 Å². The van der Waals surface area contributed by atoms with Gasteiger partial charge in [-0.1, -0.05) is 11.3 Å². The summed E-state index contributed by atoms with van der Waals surface area (Å²) >= 11 is 1.89. The van der Waals surface area contributed by atoms with E-state index in [1.807, 2.05) is 40.4 Å². The van der Waals surface area contributed by atoms with E-state index >= 15 is 0 Å². The highest BCUT2D eigenvalue weighted by Gasteiger charge is 2.39. The highest BCUT2D eigenvalue weighted by Crippen LogP contribution is 2.29. The average molecular weight is 747 g/mol. The molecule has 1 aliphatic heterocycles. The van der Waals surface area contributed by atoms with Crippen molar-refractivity contribution >= 4 is 34.8 Å². The Morgan fingerprint density at radius 1 is 0.800 bits per heavy atom. The molecule has 4 aromatic rings. The number of aryl methyl sites for hydroxylation is 1. The lowest BCUT2D eigenvalue weighted by atomic mass is 10.1. The maximum absolute atomic E-state index is 10.6. The van der Waals surface area contributed by atoms with E-state index in [0.717, 1.165) is 48.5 Å². The number of carbonyl (C=O) groups is 3. The summed E-state index contributed by atoms with van der Waals surface area (Å²) < 4.78 is 97.1. The van der Waals surface area contributed by atoms with E-state index in [9.17, 15) is 39.5 Å². The van der Waals surface area contributed by atoms with E-state index in [-0.39, 0.29) is 6.04 Å². The van der Waals surface area contributed by atoms with Crippen molar-refractivity contribution in [2.24, 2.45) is 0 Å². The van der Waals surface area contributed by atoms with Gasteiger partial charge in [0.2, 0.25) is 0 Å². The van der Waals surface area contributed by atoms with Gasteiger partial charge in [-0.05, 0) is 49.9 Å². The second-order valence-electron chi connectivity index (χ2n) is 10.1. The normalized spacial score (nSPS) is 15.5. The predicted molar refractivity (Wildman–Crippen MR) is 157 cm³/mol. The molecule has 22 heteroatoms. The third-order valence-corrected chi connectivity index (χ3v) is 7.39. The zero-order valence-corrected chi connectivity index (χ0v) is 26.5. The lowest BCUT2D eigenvalue weighted by Gasteiger charge is -2.38. The fraction of sp³-hybridized carbons (Fsp3) is 0.357. The van der Waals surface area contributed by atoms with Crippen molar-refractivity contribution in [3.8, 4) is 11.1 Å². The monoisotopic (exact) mass is 746 g/mol. The molecule has 0 aliphatic carbocycles. The third kappa shape index (κ3) is 12.9. The molecule has 4 aromatic heterocycles. The Balaban J connectivity index is 0.000000338. The summed E-state index contributed by atoms with van der Waals surface area (Å²) in [6.45, 7) is 6.25. The molecule has 12 nitrogen and oxygen atoms in total. The number of hydrogen-bond acceptors (Lipinski definition) is 9. The number of piperazine rings is 1.